The second-order valence-corrected chi connectivity index (χ2v) is 5.05. The third-order valence-corrected chi connectivity index (χ3v) is 3.32. The van der Waals surface area contributed by atoms with E-state index in [9.17, 15) is 9.59 Å². The third-order valence-electron chi connectivity index (χ3n) is 3.32. The van der Waals surface area contributed by atoms with E-state index in [-0.39, 0.29) is 24.5 Å². The van der Waals surface area contributed by atoms with E-state index in [0.717, 1.165) is 25.8 Å². The molecule has 1 atom stereocenters. The fourth-order valence-corrected chi connectivity index (χ4v) is 2.31. The van der Waals surface area contributed by atoms with Gasteiger partial charge in [0, 0.05) is 18.5 Å². The zero-order valence-corrected chi connectivity index (χ0v) is 12.1. The second kappa shape index (κ2) is 7.75. The number of rotatable bonds is 5. The number of methoxy groups -OCH3 is 1. The largest absolute Gasteiger partial charge is 0.375 e. The van der Waals surface area contributed by atoms with Gasteiger partial charge in [-0.3, -0.25) is 9.59 Å². The van der Waals surface area contributed by atoms with E-state index < -0.39 is 0 Å². The average Bonchev–Trinajstić information content (AvgIpc) is 2.48. The van der Waals surface area contributed by atoms with Gasteiger partial charge in [-0.15, -0.1) is 0 Å². The first-order valence-electron chi connectivity index (χ1n) is 7.12. The molecule has 0 unspecified atom stereocenters. The maximum absolute atomic E-state index is 12.1. The van der Waals surface area contributed by atoms with Crippen LogP contribution < -0.4 is 16.0 Å². The Morgan fingerprint density at radius 1 is 1.29 bits per heavy atom. The van der Waals surface area contributed by atoms with Crippen molar-refractivity contribution >= 4 is 23.2 Å². The van der Waals surface area contributed by atoms with E-state index in [2.05, 4.69) is 16.0 Å². The van der Waals surface area contributed by atoms with Gasteiger partial charge in [-0.2, -0.15) is 0 Å². The minimum Gasteiger partial charge on any atom is -0.375 e. The molecule has 1 aromatic rings. The number of piperidine rings is 1. The highest BCUT2D eigenvalue weighted by molar-refractivity contribution is 5.96. The van der Waals surface area contributed by atoms with Gasteiger partial charge in [0.25, 0.3) is 0 Å². The lowest BCUT2D eigenvalue weighted by Crippen LogP contribution is -2.43. The highest BCUT2D eigenvalue weighted by Crippen LogP contribution is 2.16. The van der Waals surface area contributed by atoms with Crippen molar-refractivity contribution in [3.05, 3.63) is 24.3 Å². The minimum absolute atomic E-state index is 0.00256. The first-order valence-corrected chi connectivity index (χ1v) is 7.12. The van der Waals surface area contributed by atoms with Crippen molar-refractivity contribution in [3.8, 4) is 0 Å². The molecule has 21 heavy (non-hydrogen) atoms. The van der Waals surface area contributed by atoms with Crippen LogP contribution in [0, 0.1) is 0 Å². The van der Waals surface area contributed by atoms with Gasteiger partial charge in [0.1, 0.15) is 6.61 Å². The molecule has 1 heterocycles. The molecule has 114 valence electrons. The number of carbonyl (C=O) groups is 2. The number of ether oxygens (including phenoxy) is 1. The molecule has 1 aliphatic rings. The van der Waals surface area contributed by atoms with Crippen molar-refractivity contribution in [2.45, 2.75) is 25.3 Å². The monoisotopic (exact) mass is 291 g/mol. The topological polar surface area (TPSA) is 79.5 Å². The summed E-state index contributed by atoms with van der Waals surface area (Å²) in [6, 6.07) is 6.94. The van der Waals surface area contributed by atoms with E-state index in [0.29, 0.717) is 11.4 Å². The van der Waals surface area contributed by atoms with Gasteiger partial charge in [-0.1, -0.05) is 12.5 Å². The zero-order chi connectivity index (χ0) is 15.1. The molecule has 0 bridgehead atoms. The molecule has 0 saturated carbocycles. The summed E-state index contributed by atoms with van der Waals surface area (Å²) in [5.74, 6) is -0.259. The van der Waals surface area contributed by atoms with Crippen LogP contribution in [0.4, 0.5) is 11.4 Å². The van der Waals surface area contributed by atoms with Crippen LogP contribution in [0.2, 0.25) is 0 Å². The molecule has 6 nitrogen and oxygen atoms in total. The average molecular weight is 291 g/mol. The summed E-state index contributed by atoms with van der Waals surface area (Å²) in [6.45, 7) is 0.883. The number of amides is 2. The van der Waals surface area contributed by atoms with Crippen LogP contribution >= 0.6 is 0 Å². The standard InChI is InChI=1S/C15H21N3O3/c1-21-10-14(19)17-11-5-4-6-12(9-11)18-15(20)13-7-2-3-8-16-13/h4-6,9,13,16H,2-3,7-8,10H2,1H3,(H,17,19)(H,18,20)/t13-/m0/s1. The normalized spacial score (nSPS) is 18.0. The van der Waals surface area contributed by atoms with Crippen LogP contribution in [0.3, 0.4) is 0 Å². The molecule has 0 aliphatic carbocycles. The lowest BCUT2D eigenvalue weighted by atomic mass is 10.0. The van der Waals surface area contributed by atoms with Gasteiger partial charge in [0.2, 0.25) is 11.8 Å². The number of anilines is 2. The molecule has 2 rings (SSSR count). The molecular formula is C15H21N3O3. The van der Waals surface area contributed by atoms with E-state index in [1.165, 1.54) is 7.11 Å². The molecule has 0 aromatic heterocycles. The minimum atomic E-state index is -0.227. The maximum atomic E-state index is 12.1. The molecule has 1 aromatic carbocycles. The summed E-state index contributed by atoms with van der Waals surface area (Å²) in [4.78, 5) is 23.6. The number of hydrogen-bond donors (Lipinski definition) is 3. The van der Waals surface area contributed by atoms with E-state index in [1.807, 2.05) is 0 Å². The lowest BCUT2D eigenvalue weighted by molar-refractivity contribution is -0.120. The van der Waals surface area contributed by atoms with Crippen molar-refractivity contribution < 1.29 is 14.3 Å². The van der Waals surface area contributed by atoms with Crippen molar-refractivity contribution in [2.24, 2.45) is 0 Å². The molecule has 1 fully saturated rings. The molecule has 6 heteroatoms. The fraction of sp³-hybridized carbons (Fsp3) is 0.467. The highest BCUT2D eigenvalue weighted by Gasteiger charge is 2.20. The van der Waals surface area contributed by atoms with Gasteiger partial charge < -0.3 is 20.7 Å². The van der Waals surface area contributed by atoms with Gasteiger partial charge in [-0.25, -0.2) is 0 Å². The van der Waals surface area contributed by atoms with Crippen LogP contribution in [0.15, 0.2) is 24.3 Å². The maximum Gasteiger partial charge on any atom is 0.250 e. The first-order chi connectivity index (χ1) is 10.2. The van der Waals surface area contributed by atoms with Crippen molar-refractivity contribution in [1.29, 1.82) is 0 Å². The summed E-state index contributed by atoms with van der Waals surface area (Å²) in [7, 11) is 1.47. The fourth-order valence-electron chi connectivity index (χ4n) is 2.31. The van der Waals surface area contributed by atoms with Crippen LogP contribution in [0.5, 0.6) is 0 Å². The Morgan fingerprint density at radius 2 is 2.05 bits per heavy atom. The number of carbonyl (C=O) groups excluding carboxylic acids is 2. The van der Waals surface area contributed by atoms with Crippen LogP contribution in [0.1, 0.15) is 19.3 Å². The molecule has 3 N–H and O–H groups in total. The van der Waals surface area contributed by atoms with Crippen LogP contribution in [0.25, 0.3) is 0 Å². The molecule has 1 saturated heterocycles. The quantitative estimate of drug-likeness (QED) is 0.765. The Hall–Kier alpha value is -1.92. The Balaban J connectivity index is 1.93. The zero-order valence-electron chi connectivity index (χ0n) is 12.1. The summed E-state index contributed by atoms with van der Waals surface area (Å²) < 4.78 is 4.76. The molecule has 0 spiro atoms. The summed E-state index contributed by atoms with van der Waals surface area (Å²) in [6.07, 6.45) is 3.04. The molecule has 1 aliphatic heterocycles. The Morgan fingerprint density at radius 3 is 2.71 bits per heavy atom. The lowest BCUT2D eigenvalue weighted by Gasteiger charge is -2.22. The Kier molecular flexibility index (Phi) is 5.71. The highest BCUT2D eigenvalue weighted by atomic mass is 16.5. The van der Waals surface area contributed by atoms with Crippen LogP contribution in [-0.2, 0) is 14.3 Å². The summed E-state index contributed by atoms with van der Waals surface area (Å²) in [5, 5.41) is 8.78. The number of hydrogen-bond acceptors (Lipinski definition) is 4. The second-order valence-electron chi connectivity index (χ2n) is 5.05. The van der Waals surface area contributed by atoms with Gasteiger partial charge >= 0.3 is 0 Å². The smallest absolute Gasteiger partial charge is 0.250 e. The van der Waals surface area contributed by atoms with E-state index in [1.54, 1.807) is 24.3 Å². The van der Waals surface area contributed by atoms with Crippen molar-refractivity contribution in [3.63, 3.8) is 0 Å². The number of nitrogens with one attached hydrogen (secondary N) is 3. The molecular weight excluding hydrogens is 270 g/mol. The van der Waals surface area contributed by atoms with Crippen molar-refractivity contribution in [1.82, 2.24) is 5.32 Å². The van der Waals surface area contributed by atoms with E-state index in [4.69, 9.17) is 4.74 Å². The summed E-state index contributed by atoms with van der Waals surface area (Å²) >= 11 is 0. The molecule has 0 radical (unpaired) electrons. The van der Waals surface area contributed by atoms with E-state index >= 15 is 0 Å². The van der Waals surface area contributed by atoms with Crippen LogP contribution in [-0.4, -0.2) is 38.1 Å². The Labute approximate surface area is 124 Å². The SMILES string of the molecule is COCC(=O)Nc1cccc(NC(=O)[C@@H]2CCCCN2)c1. The first kappa shape index (κ1) is 15.5. The third kappa shape index (κ3) is 4.84. The van der Waals surface area contributed by atoms with Gasteiger partial charge in [-0.05, 0) is 37.6 Å². The summed E-state index contributed by atoms with van der Waals surface area (Å²) in [5.41, 5.74) is 1.30. The van der Waals surface area contributed by atoms with Crippen molar-refractivity contribution in [2.75, 3.05) is 30.9 Å². The molecule has 2 amide bonds. The Bertz CT molecular complexity index is 499. The van der Waals surface area contributed by atoms with Gasteiger partial charge in [0.05, 0.1) is 6.04 Å². The predicted molar refractivity (Wildman–Crippen MR) is 81.2 cm³/mol. The number of benzene rings is 1. The van der Waals surface area contributed by atoms with Gasteiger partial charge in [0.15, 0.2) is 0 Å². The predicted octanol–water partition coefficient (Wildman–Crippen LogP) is 1.35.